The first-order valence-corrected chi connectivity index (χ1v) is 10.3. The molecule has 29 heavy (non-hydrogen) atoms. The van der Waals surface area contributed by atoms with E-state index in [0.717, 1.165) is 17.2 Å². The summed E-state index contributed by atoms with van der Waals surface area (Å²) in [4.78, 5) is 25.0. The van der Waals surface area contributed by atoms with Gasteiger partial charge in [0, 0.05) is 30.1 Å². The molecule has 2 N–H and O–H groups in total. The van der Waals surface area contributed by atoms with Gasteiger partial charge in [0.2, 0.25) is 5.01 Å². The van der Waals surface area contributed by atoms with Gasteiger partial charge in [-0.2, -0.15) is 0 Å². The van der Waals surface area contributed by atoms with Crippen LogP contribution in [-0.4, -0.2) is 28.1 Å². The van der Waals surface area contributed by atoms with E-state index in [0.29, 0.717) is 28.6 Å². The maximum absolute atomic E-state index is 12.5. The molecule has 1 atom stereocenters. The first-order valence-electron chi connectivity index (χ1n) is 9.47. The number of aromatic nitrogens is 2. The summed E-state index contributed by atoms with van der Waals surface area (Å²) >= 11 is 1.29. The second-order valence-electron chi connectivity index (χ2n) is 7.29. The molecule has 0 fully saturated rings. The third-order valence-electron chi connectivity index (χ3n) is 4.09. The average Bonchev–Trinajstić information content (AvgIpc) is 3.33. The van der Waals surface area contributed by atoms with E-state index in [1.807, 2.05) is 19.1 Å². The van der Waals surface area contributed by atoms with E-state index in [2.05, 4.69) is 34.7 Å². The Hall–Kier alpha value is -3.00. The van der Waals surface area contributed by atoms with Crippen LogP contribution in [0, 0.1) is 5.92 Å². The molecule has 0 saturated carbocycles. The van der Waals surface area contributed by atoms with Crippen molar-refractivity contribution in [2.75, 3.05) is 5.32 Å². The third-order valence-corrected chi connectivity index (χ3v) is 5.04. The van der Waals surface area contributed by atoms with Crippen LogP contribution in [0.1, 0.15) is 51.7 Å². The molecular weight excluding hydrogens is 388 g/mol. The van der Waals surface area contributed by atoms with Gasteiger partial charge in [-0.1, -0.05) is 31.3 Å². The van der Waals surface area contributed by atoms with Crippen molar-refractivity contribution in [3.05, 3.63) is 64.0 Å². The van der Waals surface area contributed by atoms with E-state index >= 15 is 0 Å². The predicted molar refractivity (Wildman–Crippen MR) is 112 cm³/mol. The fraction of sp³-hybridized carbons (Fsp3) is 0.333. The SMILES string of the molecule is CC(C)Cc1nnc(C(=O)Nc2cccc(C(=O)NC(C)Cc3ccco3)c2)s1. The Morgan fingerprint density at radius 1 is 1.07 bits per heavy atom. The lowest BCUT2D eigenvalue weighted by Crippen LogP contribution is -2.34. The van der Waals surface area contributed by atoms with Crippen molar-refractivity contribution < 1.29 is 14.0 Å². The second kappa shape index (κ2) is 9.47. The standard InChI is InChI=1S/C21H24N4O3S/c1-13(2)10-18-24-25-21(29-18)20(27)23-16-7-4-6-15(12-16)19(26)22-14(3)11-17-8-5-9-28-17/h4-9,12-14H,10-11H2,1-3H3,(H,22,26)(H,23,27). The fourth-order valence-electron chi connectivity index (χ4n) is 2.79. The Bertz CT molecular complexity index is 966. The summed E-state index contributed by atoms with van der Waals surface area (Å²) in [5.41, 5.74) is 0.994. The van der Waals surface area contributed by atoms with Gasteiger partial charge in [-0.15, -0.1) is 10.2 Å². The summed E-state index contributed by atoms with van der Waals surface area (Å²) in [6, 6.07) is 10.4. The number of nitrogens with zero attached hydrogens (tertiary/aromatic N) is 2. The summed E-state index contributed by atoms with van der Waals surface area (Å²) in [6.07, 6.45) is 3.00. The predicted octanol–water partition coefficient (Wildman–Crippen LogP) is 3.94. The molecule has 2 aromatic heterocycles. The molecular formula is C21H24N4O3S. The molecule has 3 aromatic rings. The Kier molecular flexibility index (Phi) is 6.77. The largest absolute Gasteiger partial charge is 0.469 e. The average molecular weight is 413 g/mol. The first kappa shape index (κ1) is 20.7. The van der Waals surface area contributed by atoms with Crippen LogP contribution in [-0.2, 0) is 12.8 Å². The molecule has 152 valence electrons. The summed E-state index contributed by atoms with van der Waals surface area (Å²) in [7, 11) is 0. The minimum atomic E-state index is -0.332. The molecule has 8 heteroatoms. The van der Waals surface area contributed by atoms with E-state index in [-0.39, 0.29) is 17.9 Å². The van der Waals surface area contributed by atoms with Gasteiger partial charge in [-0.25, -0.2) is 0 Å². The zero-order chi connectivity index (χ0) is 20.8. The molecule has 0 radical (unpaired) electrons. The molecule has 0 aliphatic carbocycles. The van der Waals surface area contributed by atoms with Crippen LogP contribution in [0.2, 0.25) is 0 Å². The van der Waals surface area contributed by atoms with Gasteiger partial charge in [0.25, 0.3) is 11.8 Å². The van der Waals surface area contributed by atoms with Gasteiger partial charge in [-0.3, -0.25) is 9.59 Å². The molecule has 3 rings (SSSR count). The Morgan fingerprint density at radius 2 is 1.90 bits per heavy atom. The first-order chi connectivity index (χ1) is 13.9. The molecule has 0 saturated heterocycles. The van der Waals surface area contributed by atoms with Crippen LogP contribution in [0.3, 0.4) is 0 Å². The number of anilines is 1. The quantitative estimate of drug-likeness (QED) is 0.584. The van der Waals surface area contributed by atoms with Crippen molar-refractivity contribution in [2.45, 2.75) is 39.7 Å². The zero-order valence-corrected chi connectivity index (χ0v) is 17.5. The molecule has 2 heterocycles. The topological polar surface area (TPSA) is 97.1 Å². The van der Waals surface area contributed by atoms with Gasteiger partial charge in [0.1, 0.15) is 10.8 Å². The van der Waals surface area contributed by atoms with Crippen LogP contribution in [0.15, 0.2) is 47.1 Å². The van der Waals surface area contributed by atoms with E-state index in [4.69, 9.17) is 4.42 Å². The minimum absolute atomic E-state index is 0.0901. The van der Waals surface area contributed by atoms with Gasteiger partial charge < -0.3 is 15.1 Å². The highest BCUT2D eigenvalue weighted by Gasteiger charge is 2.16. The van der Waals surface area contributed by atoms with Crippen LogP contribution in [0.25, 0.3) is 0 Å². The number of hydrogen-bond donors (Lipinski definition) is 2. The summed E-state index contributed by atoms with van der Waals surface area (Å²) in [6.45, 7) is 6.09. The lowest BCUT2D eigenvalue weighted by molar-refractivity contribution is 0.0938. The maximum atomic E-state index is 12.5. The minimum Gasteiger partial charge on any atom is -0.469 e. The summed E-state index contributed by atoms with van der Waals surface area (Å²) in [5.74, 6) is 0.716. The van der Waals surface area contributed by atoms with Gasteiger partial charge >= 0.3 is 0 Å². The number of furan rings is 1. The Morgan fingerprint density at radius 3 is 2.62 bits per heavy atom. The van der Waals surface area contributed by atoms with Crippen molar-refractivity contribution in [1.82, 2.24) is 15.5 Å². The molecule has 0 bridgehead atoms. The fourth-order valence-corrected chi connectivity index (χ4v) is 3.74. The summed E-state index contributed by atoms with van der Waals surface area (Å²) in [5, 5.41) is 14.9. The molecule has 0 aliphatic rings. The zero-order valence-electron chi connectivity index (χ0n) is 16.6. The number of carbonyl (C=O) groups excluding carboxylic acids is 2. The highest BCUT2D eigenvalue weighted by molar-refractivity contribution is 7.13. The van der Waals surface area contributed by atoms with Gasteiger partial charge in [-0.05, 0) is 43.2 Å². The number of carbonyl (C=O) groups is 2. The monoisotopic (exact) mass is 412 g/mol. The van der Waals surface area contributed by atoms with Crippen LogP contribution in [0.5, 0.6) is 0 Å². The van der Waals surface area contributed by atoms with Crippen LogP contribution >= 0.6 is 11.3 Å². The number of rotatable bonds is 8. The molecule has 7 nitrogen and oxygen atoms in total. The smallest absolute Gasteiger partial charge is 0.286 e. The van der Waals surface area contributed by atoms with E-state index < -0.39 is 0 Å². The van der Waals surface area contributed by atoms with Gasteiger partial charge in [0.05, 0.1) is 6.26 Å². The van der Waals surface area contributed by atoms with Crippen molar-refractivity contribution >= 4 is 28.8 Å². The maximum Gasteiger partial charge on any atom is 0.286 e. The molecule has 2 amide bonds. The molecule has 0 aliphatic heterocycles. The molecule has 1 unspecified atom stereocenters. The van der Waals surface area contributed by atoms with Crippen LogP contribution < -0.4 is 10.6 Å². The highest BCUT2D eigenvalue weighted by atomic mass is 32.1. The lowest BCUT2D eigenvalue weighted by atomic mass is 10.1. The van der Waals surface area contributed by atoms with Gasteiger partial charge in [0.15, 0.2) is 0 Å². The Labute approximate surface area is 173 Å². The van der Waals surface area contributed by atoms with Crippen LogP contribution in [0.4, 0.5) is 5.69 Å². The van der Waals surface area contributed by atoms with Crippen molar-refractivity contribution in [2.24, 2.45) is 5.92 Å². The normalized spacial score (nSPS) is 12.0. The number of hydrogen-bond acceptors (Lipinski definition) is 6. The lowest BCUT2D eigenvalue weighted by Gasteiger charge is -2.13. The van der Waals surface area contributed by atoms with Crippen molar-refractivity contribution in [3.8, 4) is 0 Å². The third kappa shape index (κ3) is 5.99. The van der Waals surface area contributed by atoms with Crippen molar-refractivity contribution in [1.29, 1.82) is 0 Å². The van der Waals surface area contributed by atoms with E-state index in [1.54, 1.807) is 30.5 Å². The van der Waals surface area contributed by atoms with E-state index in [9.17, 15) is 9.59 Å². The molecule has 0 spiro atoms. The number of nitrogens with one attached hydrogen (secondary N) is 2. The number of benzene rings is 1. The second-order valence-corrected chi connectivity index (χ2v) is 8.35. The molecule has 1 aromatic carbocycles. The number of amides is 2. The van der Waals surface area contributed by atoms with E-state index in [1.165, 1.54) is 11.3 Å². The Balaban J connectivity index is 1.60. The summed E-state index contributed by atoms with van der Waals surface area (Å²) < 4.78 is 5.31. The van der Waals surface area contributed by atoms with Crippen molar-refractivity contribution in [3.63, 3.8) is 0 Å². The highest BCUT2D eigenvalue weighted by Crippen LogP contribution is 2.17.